The first-order valence-electron chi connectivity index (χ1n) is 7.62. The molecule has 0 N–H and O–H groups in total. The standard InChI is InChI=1S/C20H15N3O2/c1-25-20(24)11-8-15-5-2-3-7-18(15)23-14-22-17-9-10-19-16(13-17)6-4-12-21-19/h2-13H,1H3/b11-8+. The molecule has 0 unspecified atom stereocenters. The number of pyridine rings is 1. The summed E-state index contributed by atoms with van der Waals surface area (Å²) in [4.78, 5) is 24.0. The maximum Gasteiger partial charge on any atom is 0.330 e. The van der Waals surface area contributed by atoms with Gasteiger partial charge in [0.05, 0.1) is 24.0 Å². The van der Waals surface area contributed by atoms with Gasteiger partial charge in [0.1, 0.15) is 6.01 Å². The third-order valence-corrected chi connectivity index (χ3v) is 3.47. The van der Waals surface area contributed by atoms with Crippen molar-refractivity contribution in [3.8, 4) is 0 Å². The number of benzene rings is 2. The van der Waals surface area contributed by atoms with Crippen molar-refractivity contribution in [1.82, 2.24) is 4.98 Å². The molecular formula is C20H15N3O2. The largest absolute Gasteiger partial charge is 0.466 e. The Morgan fingerprint density at radius 2 is 2.00 bits per heavy atom. The van der Waals surface area contributed by atoms with Gasteiger partial charge in [-0.3, -0.25) is 4.98 Å². The van der Waals surface area contributed by atoms with Gasteiger partial charge in [-0.15, -0.1) is 0 Å². The quantitative estimate of drug-likeness (QED) is 0.400. The van der Waals surface area contributed by atoms with Crippen LogP contribution in [0.15, 0.2) is 76.9 Å². The Morgan fingerprint density at radius 1 is 1.12 bits per heavy atom. The van der Waals surface area contributed by atoms with Gasteiger partial charge in [0.2, 0.25) is 0 Å². The number of methoxy groups -OCH3 is 1. The predicted molar refractivity (Wildman–Crippen MR) is 98.4 cm³/mol. The summed E-state index contributed by atoms with van der Waals surface area (Å²) >= 11 is 0. The van der Waals surface area contributed by atoms with E-state index in [4.69, 9.17) is 0 Å². The third-order valence-electron chi connectivity index (χ3n) is 3.47. The van der Waals surface area contributed by atoms with Gasteiger partial charge in [0.15, 0.2) is 0 Å². The first-order valence-corrected chi connectivity index (χ1v) is 7.62. The number of aliphatic imine (C=N–C) groups is 2. The Labute approximate surface area is 145 Å². The van der Waals surface area contributed by atoms with E-state index in [2.05, 4.69) is 25.7 Å². The van der Waals surface area contributed by atoms with E-state index in [0.29, 0.717) is 5.69 Å². The van der Waals surface area contributed by atoms with E-state index in [0.717, 1.165) is 22.2 Å². The van der Waals surface area contributed by atoms with Crippen molar-refractivity contribution < 1.29 is 9.53 Å². The van der Waals surface area contributed by atoms with Gasteiger partial charge in [-0.25, -0.2) is 4.79 Å². The Kier molecular flexibility index (Phi) is 5.10. The third kappa shape index (κ3) is 4.25. The van der Waals surface area contributed by atoms with Crippen LogP contribution in [0.2, 0.25) is 0 Å². The molecule has 0 atom stereocenters. The van der Waals surface area contributed by atoms with E-state index in [-0.39, 0.29) is 0 Å². The van der Waals surface area contributed by atoms with Gasteiger partial charge in [0, 0.05) is 23.2 Å². The molecular weight excluding hydrogens is 314 g/mol. The summed E-state index contributed by atoms with van der Waals surface area (Å²) in [6.07, 6.45) is 4.75. The van der Waals surface area contributed by atoms with Crippen molar-refractivity contribution in [3.05, 3.63) is 72.4 Å². The monoisotopic (exact) mass is 329 g/mol. The summed E-state index contributed by atoms with van der Waals surface area (Å²) in [6, 6.07) is 19.7. The SMILES string of the molecule is COC(=O)/C=C/c1ccccc1N=C=Nc1ccc2ncccc2c1. The Balaban J connectivity index is 1.86. The summed E-state index contributed by atoms with van der Waals surface area (Å²) in [5.74, 6) is -0.419. The van der Waals surface area contributed by atoms with Gasteiger partial charge in [-0.2, -0.15) is 9.98 Å². The maximum atomic E-state index is 11.2. The second-order valence-corrected chi connectivity index (χ2v) is 5.12. The molecule has 5 heteroatoms. The fraction of sp³-hybridized carbons (Fsp3) is 0.0500. The molecule has 0 radical (unpaired) electrons. The van der Waals surface area contributed by atoms with Crippen LogP contribution in [0.1, 0.15) is 5.56 Å². The summed E-state index contributed by atoms with van der Waals surface area (Å²) in [7, 11) is 1.34. The molecule has 0 fully saturated rings. The molecule has 0 bridgehead atoms. The number of hydrogen-bond donors (Lipinski definition) is 0. The van der Waals surface area contributed by atoms with Crippen LogP contribution in [0.4, 0.5) is 11.4 Å². The average Bonchev–Trinajstić information content (AvgIpc) is 2.67. The molecule has 1 heterocycles. The van der Waals surface area contributed by atoms with Gasteiger partial charge < -0.3 is 4.74 Å². The smallest absolute Gasteiger partial charge is 0.330 e. The molecule has 0 saturated carbocycles. The van der Waals surface area contributed by atoms with Gasteiger partial charge in [-0.05, 0) is 36.4 Å². The molecule has 0 aliphatic rings. The molecule has 5 nitrogen and oxygen atoms in total. The van der Waals surface area contributed by atoms with Gasteiger partial charge >= 0.3 is 5.97 Å². The molecule has 1 aromatic heterocycles. The van der Waals surface area contributed by atoms with E-state index in [1.165, 1.54) is 13.2 Å². The lowest BCUT2D eigenvalue weighted by Crippen LogP contribution is -1.93. The van der Waals surface area contributed by atoms with Gasteiger partial charge in [0.25, 0.3) is 0 Å². The number of carbonyl (C=O) groups is 1. The summed E-state index contributed by atoms with van der Waals surface area (Å²) in [5, 5.41) is 1.01. The van der Waals surface area contributed by atoms with E-state index >= 15 is 0 Å². The number of nitrogens with zero attached hydrogens (tertiary/aromatic N) is 3. The van der Waals surface area contributed by atoms with Crippen LogP contribution >= 0.6 is 0 Å². The molecule has 0 amide bonds. The number of rotatable bonds is 4. The molecule has 3 aromatic rings. The van der Waals surface area contributed by atoms with E-state index in [9.17, 15) is 4.79 Å². The summed E-state index contributed by atoms with van der Waals surface area (Å²) < 4.78 is 4.59. The lowest BCUT2D eigenvalue weighted by molar-refractivity contribution is -0.134. The molecule has 0 aliphatic heterocycles. The number of carbonyl (C=O) groups excluding carboxylic acids is 1. The fourth-order valence-electron chi connectivity index (χ4n) is 2.23. The highest BCUT2D eigenvalue weighted by molar-refractivity contribution is 5.88. The van der Waals surface area contributed by atoms with Crippen LogP contribution in [-0.4, -0.2) is 24.1 Å². The first-order chi connectivity index (χ1) is 12.3. The molecule has 0 saturated heterocycles. The second kappa shape index (κ2) is 7.81. The normalized spacial score (nSPS) is 10.4. The van der Waals surface area contributed by atoms with Gasteiger partial charge in [-0.1, -0.05) is 24.3 Å². The van der Waals surface area contributed by atoms with E-state index in [1.54, 1.807) is 12.3 Å². The van der Waals surface area contributed by atoms with Crippen molar-refractivity contribution in [2.24, 2.45) is 9.98 Å². The molecule has 25 heavy (non-hydrogen) atoms. The Bertz CT molecular complexity index is 1000. The number of esters is 1. The number of aromatic nitrogens is 1. The second-order valence-electron chi connectivity index (χ2n) is 5.12. The first kappa shape index (κ1) is 16.3. The van der Waals surface area contributed by atoms with Crippen LogP contribution in [0.3, 0.4) is 0 Å². The highest BCUT2D eigenvalue weighted by atomic mass is 16.5. The zero-order chi connectivity index (χ0) is 17.5. The van der Waals surface area contributed by atoms with Crippen LogP contribution < -0.4 is 0 Å². The molecule has 0 spiro atoms. The number of para-hydroxylation sites is 1. The van der Waals surface area contributed by atoms with E-state index < -0.39 is 5.97 Å². The molecule has 122 valence electrons. The molecule has 0 aliphatic carbocycles. The molecule has 3 rings (SSSR count). The average molecular weight is 329 g/mol. The highest BCUT2D eigenvalue weighted by Crippen LogP contribution is 2.21. The minimum Gasteiger partial charge on any atom is -0.466 e. The molecule has 2 aromatic carbocycles. The maximum absolute atomic E-state index is 11.2. The Morgan fingerprint density at radius 3 is 2.88 bits per heavy atom. The number of fused-ring (bicyclic) bond motifs is 1. The lowest BCUT2D eigenvalue weighted by Gasteiger charge is -1.98. The fourth-order valence-corrected chi connectivity index (χ4v) is 2.23. The van der Waals surface area contributed by atoms with Crippen molar-refractivity contribution in [1.29, 1.82) is 0 Å². The zero-order valence-electron chi connectivity index (χ0n) is 13.6. The minimum atomic E-state index is -0.419. The summed E-state index contributed by atoms with van der Waals surface area (Å²) in [5.41, 5.74) is 3.09. The van der Waals surface area contributed by atoms with Crippen molar-refractivity contribution >= 4 is 40.3 Å². The van der Waals surface area contributed by atoms with Crippen LogP contribution in [-0.2, 0) is 9.53 Å². The highest BCUT2D eigenvalue weighted by Gasteiger charge is 1.98. The van der Waals surface area contributed by atoms with Crippen molar-refractivity contribution in [3.63, 3.8) is 0 Å². The number of hydrogen-bond acceptors (Lipinski definition) is 5. The van der Waals surface area contributed by atoms with Crippen molar-refractivity contribution in [2.45, 2.75) is 0 Å². The van der Waals surface area contributed by atoms with Crippen molar-refractivity contribution in [2.75, 3.05) is 7.11 Å². The van der Waals surface area contributed by atoms with E-state index in [1.807, 2.05) is 54.6 Å². The summed E-state index contributed by atoms with van der Waals surface area (Å²) in [6.45, 7) is 0. The lowest BCUT2D eigenvalue weighted by atomic mass is 10.1. The zero-order valence-corrected chi connectivity index (χ0v) is 13.6. The predicted octanol–water partition coefficient (Wildman–Crippen LogP) is 4.56. The topological polar surface area (TPSA) is 63.9 Å². The van der Waals surface area contributed by atoms with Crippen LogP contribution in [0, 0.1) is 0 Å². The Hall–Kier alpha value is -3.56. The number of ether oxygens (including phenoxy) is 1. The minimum absolute atomic E-state index is 0.419. The van der Waals surface area contributed by atoms with Crippen LogP contribution in [0.5, 0.6) is 0 Å². The van der Waals surface area contributed by atoms with Crippen LogP contribution in [0.25, 0.3) is 17.0 Å².